The highest BCUT2D eigenvalue weighted by atomic mass is 19.2. The van der Waals surface area contributed by atoms with Crippen LogP contribution in [-0.2, 0) is 19.1 Å². The molecule has 182 valence electrons. The predicted molar refractivity (Wildman–Crippen MR) is 129 cm³/mol. The molecule has 0 atom stereocenters. The first kappa shape index (κ1) is 25.6. The third-order valence-electron chi connectivity index (χ3n) is 4.63. The number of hydrogen-bond donors (Lipinski definition) is 0. The van der Waals surface area contributed by atoms with E-state index in [2.05, 4.69) is 22.6 Å². The fourth-order valence-electron chi connectivity index (χ4n) is 2.92. The molecule has 0 radical (unpaired) electrons. The van der Waals surface area contributed by atoms with E-state index in [1.165, 1.54) is 12.1 Å². The van der Waals surface area contributed by atoms with Crippen LogP contribution in [0, 0.1) is 11.6 Å². The molecule has 0 spiro atoms. The van der Waals surface area contributed by atoms with Crippen LogP contribution >= 0.6 is 0 Å². The molecular weight excluding hydrogens is 470 g/mol. The summed E-state index contributed by atoms with van der Waals surface area (Å²) in [5, 5.41) is 0. The molecule has 0 fully saturated rings. The summed E-state index contributed by atoms with van der Waals surface area (Å²) < 4.78 is 49.7. The van der Waals surface area contributed by atoms with Crippen LogP contribution in [0.4, 0.5) is 8.78 Å². The van der Waals surface area contributed by atoms with Crippen molar-refractivity contribution in [1.29, 1.82) is 0 Å². The lowest BCUT2D eigenvalue weighted by Crippen LogP contribution is -1.95. The van der Waals surface area contributed by atoms with Gasteiger partial charge in [-0.25, -0.2) is 18.4 Å². The molecule has 8 heteroatoms. The van der Waals surface area contributed by atoms with Gasteiger partial charge in [-0.15, -0.1) is 0 Å². The minimum absolute atomic E-state index is 0.0809. The van der Waals surface area contributed by atoms with Gasteiger partial charge in [0.25, 0.3) is 0 Å². The van der Waals surface area contributed by atoms with Gasteiger partial charge in [-0.1, -0.05) is 49.6 Å². The maximum atomic E-state index is 14.9. The molecule has 0 saturated heterocycles. The Labute approximate surface area is 206 Å². The summed E-state index contributed by atoms with van der Waals surface area (Å²) in [7, 11) is 0. The van der Waals surface area contributed by atoms with Gasteiger partial charge in [0.05, 0.1) is 0 Å². The highest BCUT2D eigenvalue weighted by molar-refractivity contribution is 5.82. The van der Waals surface area contributed by atoms with E-state index < -0.39 is 23.6 Å². The fourth-order valence-corrected chi connectivity index (χ4v) is 2.92. The molecule has 0 unspecified atom stereocenters. The molecule has 3 aromatic rings. The lowest BCUT2D eigenvalue weighted by molar-refractivity contribution is -0.133. The third-order valence-corrected chi connectivity index (χ3v) is 4.63. The number of esters is 2. The lowest BCUT2D eigenvalue weighted by Gasteiger charge is -2.10. The van der Waals surface area contributed by atoms with Crippen LogP contribution in [0.1, 0.15) is 0 Å². The Morgan fingerprint density at radius 3 is 1.28 bits per heavy atom. The molecule has 0 N–H and O–H groups in total. The zero-order chi connectivity index (χ0) is 25.9. The molecule has 0 saturated carbocycles. The number of benzene rings is 3. The van der Waals surface area contributed by atoms with Gasteiger partial charge in [0.15, 0.2) is 11.6 Å². The van der Waals surface area contributed by atoms with E-state index in [4.69, 9.17) is 9.47 Å². The maximum absolute atomic E-state index is 14.9. The molecule has 0 aliphatic carbocycles. The van der Waals surface area contributed by atoms with E-state index in [1.807, 2.05) is 0 Å². The summed E-state index contributed by atoms with van der Waals surface area (Å²) in [6.07, 6.45) is 6.46. The zero-order valence-electron chi connectivity index (χ0n) is 18.9. The predicted octanol–water partition coefficient (Wildman–Crippen LogP) is 6.46. The van der Waals surface area contributed by atoms with E-state index in [9.17, 15) is 18.4 Å². The number of carbonyl (C=O) groups excluding carboxylic acids is 2. The smallest absolute Gasteiger partial charge is 0.335 e. The second kappa shape index (κ2) is 12.5. The number of carbonyl (C=O) groups is 2. The Bertz CT molecular complexity index is 1210. The first-order chi connectivity index (χ1) is 17.4. The SMILES string of the molecule is C=CC(=O)OC=COc1ccc(-c2ccc(-c3ccc(OC=COC(=O)C=C)cc3)c(F)c2F)cc1. The number of ether oxygens (including phenoxy) is 4. The van der Waals surface area contributed by atoms with Crippen molar-refractivity contribution in [2.45, 2.75) is 0 Å². The van der Waals surface area contributed by atoms with Crippen molar-refractivity contribution >= 4 is 11.9 Å². The summed E-state index contributed by atoms with van der Waals surface area (Å²) in [6.45, 7) is 6.53. The van der Waals surface area contributed by atoms with Crippen LogP contribution in [0.25, 0.3) is 22.3 Å². The minimum Gasteiger partial charge on any atom is -0.462 e. The molecule has 0 aromatic heterocycles. The van der Waals surface area contributed by atoms with Crippen molar-refractivity contribution in [3.8, 4) is 33.8 Å². The van der Waals surface area contributed by atoms with E-state index in [0.717, 1.165) is 37.2 Å². The first-order valence-electron chi connectivity index (χ1n) is 10.4. The molecule has 0 amide bonds. The average Bonchev–Trinajstić information content (AvgIpc) is 2.91. The van der Waals surface area contributed by atoms with Gasteiger partial charge < -0.3 is 18.9 Å². The zero-order valence-corrected chi connectivity index (χ0v) is 18.9. The van der Waals surface area contributed by atoms with Crippen molar-refractivity contribution < 1.29 is 37.3 Å². The molecule has 3 aromatic carbocycles. The quantitative estimate of drug-likeness (QED) is 0.185. The fraction of sp³-hybridized carbons (Fsp3) is 0. The van der Waals surface area contributed by atoms with E-state index >= 15 is 0 Å². The third kappa shape index (κ3) is 6.77. The number of hydrogen-bond acceptors (Lipinski definition) is 6. The molecular formula is C28H20F2O6. The van der Waals surface area contributed by atoms with Crippen molar-refractivity contribution in [2.75, 3.05) is 0 Å². The molecule has 0 aliphatic heterocycles. The molecule has 6 nitrogen and oxygen atoms in total. The Morgan fingerprint density at radius 2 is 0.944 bits per heavy atom. The van der Waals surface area contributed by atoms with Crippen LogP contribution < -0.4 is 9.47 Å². The van der Waals surface area contributed by atoms with Crippen molar-refractivity contribution in [3.05, 3.63) is 123 Å². The van der Waals surface area contributed by atoms with Crippen LogP contribution in [0.15, 0.2) is 111 Å². The van der Waals surface area contributed by atoms with Crippen LogP contribution in [-0.4, -0.2) is 11.9 Å². The van der Waals surface area contributed by atoms with Crippen molar-refractivity contribution in [3.63, 3.8) is 0 Å². The molecule has 36 heavy (non-hydrogen) atoms. The van der Waals surface area contributed by atoms with Gasteiger partial charge in [0.2, 0.25) is 0 Å². The summed E-state index contributed by atoms with van der Waals surface area (Å²) in [4.78, 5) is 21.9. The Morgan fingerprint density at radius 1 is 0.583 bits per heavy atom. The number of rotatable bonds is 10. The van der Waals surface area contributed by atoms with Crippen LogP contribution in [0.2, 0.25) is 0 Å². The van der Waals surface area contributed by atoms with Gasteiger partial charge in [-0.3, -0.25) is 0 Å². The monoisotopic (exact) mass is 490 g/mol. The summed E-state index contributed by atoms with van der Waals surface area (Å²) >= 11 is 0. The molecule has 0 bridgehead atoms. The maximum Gasteiger partial charge on any atom is 0.335 e. The highest BCUT2D eigenvalue weighted by Crippen LogP contribution is 2.33. The van der Waals surface area contributed by atoms with Gasteiger partial charge in [-0.05, 0) is 35.4 Å². The first-order valence-corrected chi connectivity index (χ1v) is 10.4. The van der Waals surface area contributed by atoms with Crippen molar-refractivity contribution in [1.82, 2.24) is 0 Å². The second-order valence-electron chi connectivity index (χ2n) is 6.90. The van der Waals surface area contributed by atoms with Crippen LogP contribution in [0.5, 0.6) is 11.5 Å². The summed E-state index contributed by atoms with van der Waals surface area (Å²) in [5.41, 5.74) is 1.05. The van der Waals surface area contributed by atoms with E-state index in [1.54, 1.807) is 48.5 Å². The average molecular weight is 490 g/mol. The van der Waals surface area contributed by atoms with E-state index in [0.29, 0.717) is 22.6 Å². The van der Waals surface area contributed by atoms with Gasteiger partial charge in [0.1, 0.15) is 36.5 Å². The van der Waals surface area contributed by atoms with Gasteiger partial charge in [-0.2, -0.15) is 0 Å². The largest absolute Gasteiger partial charge is 0.462 e. The lowest BCUT2D eigenvalue weighted by atomic mass is 9.98. The van der Waals surface area contributed by atoms with Gasteiger partial charge in [0, 0.05) is 23.3 Å². The van der Waals surface area contributed by atoms with E-state index in [-0.39, 0.29) is 11.1 Å². The van der Waals surface area contributed by atoms with Crippen LogP contribution in [0.3, 0.4) is 0 Å². The summed E-state index contributed by atoms with van der Waals surface area (Å²) in [6, 6.07) is 15.5. The second-order valence-corrected chi connectivity index (χ2v) is 6.90. The summed E-state index contributed by atoms with van der Waals surface area (Å²) in [5.74, 6) is -2.45. The minimum atomic E-state index is -0.996. The Kier molecular flexibility index (Phi) is 8.88. The molecule has 3 rings (SSSR count). The normalized spacial score (nSPS) is 10.7. The number of halogens is 2. The molecule has 0 heterocycles. The molecule has 0 aliphatic rings. The Hall–Kier alpha value is -4.98. The van der Waals surface area contributed by atoms with Gasteiger partial charge >= 0.3 is 11.9 Å². The Balaban J connectivity index is 1.69. The highest BCUT2D eigenvalue weighted by Gasteiger charge is 2.16. The standard InChI is InChI=1S/C28H20F2O6/c1-3-25(31)35-17-15-33-21-9-5-19(6-10-21)23-13-14-24(28(30)27(23)29)20-7-11-22(12-8-20)34-16-18-36-26(32)4-2/h3-18H,1-2H2. The topological polar surface area (TPSA) is 71.1 Å². The van der Waals surface area contributed by atoms with Crippen molar-refractivity contribution in [2.24, 2.45) is 0 Å².